The molecule has 0 amide bonds. The maximum absolute atomic E-state index is 10.6. The standard InChI is InChI=1S/C17H18N4OS.C2HF3O2/c1-10(22)17-20-14-9-19-13-5-7-23-16(13)15(14)21(17)12-3-2-11(8-12)4-6-18;3-2(4,5)1(6)7/h5,7,9-12,22H,2-4,8H2,1H3;(H,6,7)/t10-,11?,12+;/m1./s1. The highest BCUT2D eigenvalue weighted by molar-refractivity contribution is 7.18. The predicted molar refractivity (Wildman–Crippen MR) is 104 cm³/mol. The van der Waals surface area contributed by atoms with Gasteiger partial charge < -0.3 is 14.8 Å². The number of nitrogens with zero attached hydrogens (tertiary/aromatic N) is 4. The van der Waals surface area contributed by atoms with Crippen LogP contribution in [0, 0.1) is 17.2 Å². The maximum atomic E-state index is 10.6. The number of aliphatic carboxylic acids is 1. The third-order valence-corrected chi connectivity index (χ3v) is 5.94. The summed E-state index contributed by atoms with van der Waals surface area (Å²) in [6.07, 6.45) is -0.207. The lowest BCUT2D eigenvalue weighted by Crippen LogP contribution is -2.21. The summed E-state index contributed by atoms with van der Waals surface area (Å²) in [6.45, 7) is 1.76. The summed E-state index contributed by atoms with van der Waals surface area (Å²) in [6, 6.07) is 4.61. The Morgan fingerprint density at radius 1 is 1.43 bits per heavy atom. The first-order chi connectivity index (χ1) is 14.1. The average Bonchev–Trinajstić information content (AvgIpc) is 3.38. The summed E-state index contributed by atoms with van der Waals surface area (Å²) in [5.41, 5.74) is 2.91. The van der Waals surface area contributed by atoms with E-state index in [1.54, 1.807) is 24.5 Å². The zero-order valence-corrected chi connectivity index (χ0v) is 16.7. The highest BCUT2D eigenvalue weighted by Crippen LogP contribution is 2.41. The van der Waals surface area contributed by atoms with Crippen LogP contribution in [0.2, 0.25) is 0 Å². The number of aliphatic hydroxyl groups excluding tert-OH is 1. The first kappa shape index (κ1) is 22.0. The van der Waals surface area contributed by atoms with Crippen LogP contribution in [-0.2, 0) is 4.79 Å². The van der Waals surface area contributed by atoms with Gasteiger partial charge in [0.15, 0.2) is 0 Å². The molecular weight excluding hydrogens is 421 g/mol. The van der Waals surface area contributed by atoms with E-state index in [1.165, 1.54) is 0 Å². The topological polar surface area (TPSA) is 112 Å². The zero-order chi connectivity index (χ0) is 22.1. The number of imidazole rings is 1. The Kier molecular flexibility index (Phi) is 6.28. The van der Waals surface area contributed by atoms with Gasteiger partial charge in [0.1, 0.15) is 17.4 Å². The van der Waals surface area contributed by atoms with Crippen molar-refractivity contribution in [1.29, 1.82) is 5.26 Å². The van der Waals surface area contributed by atoms with Gasteiger partial charge in [0.25, 0.3) is 0 Å². The molecule has 1 saturated carbocycles. The molecule has 3 aromatic heterocycles. The van der Waals surface area contributed by atoms with Gasteiger partial charge in [0, 0.05) is 12.5 Å². The Morgan fingerprint density at radius 2 is 2.13 bits per heavy atom. The van der Waals surface area contributed by atoms with Crippen molar-refractivity contribution in [2.24, 2.45) is 5.92 Å². The number of pyridine rings is 1. The third kappa shape index (κ3) is 4.39. The van der Waals surface area contributed by atoms with Gasteiger partial charge in [-0.25, -0.2) is 9.78 Å². The number of carboxylic acid groups (broad SMARTS) is 1. The molecular formula is C19H19F3N4O3S. The van der Waals surface area contributed by atoms with Crippen LogP contribution in [0.25, 0.3) is 21.3 Å². The molecule has 2 N–H and O–H groups in total. The van der Waals surface area contributed by atoms with Gasteiger partial charge >= 0.3 is 12.1 Å². The summed E-state index contributed by atoms with van der Waals surface area (Å²) < 4.78 is 35.1. The van der Waals surface area contributed by atoms with Crippen LogP contribution in [0.1, 0.15) is 50.6 Å². The van der Waals surface area contributed by atoms with Crippen LogP contribution in [-0.4, -0.2) is 36.9 Å². The van der Waals surface area contributed by atoms with E-state index in [4.69, 9.17) is 15.2 Å². The molecule has 3 aromatic rings. The number of aliphatic hydroxyl groups is 1. The monoisotopic (exact) mass is 440 g/mol. The predicted octanol–water partition coefficient (Wildman–Crippen LogP) is 4.59. The van der Waals surface area contributed by atoms with E-state index in [9.17, 15) is 18.3 Å². The third-order valence-electron chi connectivity index (χ3n) is 5.03. The number of hydrogen-bond acceptors (Lipinski definition) is 6. The highest BCUT2D eigenvalue weighted by Gasteiger charge is 2.38. The minimum absolute atomic E-state index is 0.302. The molecule has 0 aliphatic heterocycles. The Balaban J connectivity index is 0.000000318. The number of carboxylic acids is 1. The Hall–Kier alpha value is -2.71. The molecule has 160 valence electrons. The molecule has 0 spiro atoms. The summed E-state index contributed by atoms with van der Waals surface area (Å²) in [4.78, 5) is 18.0. The number of rotatable bonds is 3. The van der Waals surface area contributed by atoms with E-state index >= 15 is 0 Å². The van der Waals surface area contributed by atoms with E-state index in [2.05, 4.69) is 20.6 Å². The number of fused-ring (bicyclic) bond motifs is 3. The quantitative estimate of drug-likeness (QED) is 0.616. The number of thiophene rings is 1. The van der Waals surface area contributed by atoms with Crippen molar-refractivity contribution in [3.63, 3.8) is 0 Å². The molecule has 3 heterocycles. The first-order valence-corrected chi connectivity index (χ1v) is 10.1. The molecule has 1 unspecified atom stereocenters. The van der Waals surface area contributed by atoms with Gasteiger partial charge in [0.2, 0.25) is 0 Å². The summed E-state index contributed by atoms with van der Waals surface area (Å²) >= 11 is 1.67. The molecule has 0 aromatic carbocycles. The molecule has 0 saturated heterocycles. The van der Waals surface area contributed by atoms with Crippen molar-refractivity contribution in [2.75, 3.05) is 0 Å². The lowest BCUT2D eigenvalue weighted by atomic mass is 10.1. The fourth-order valence-corrected chi connectivity index (χ4v) is 4.65. The number of hydrogen-bond donors (Lipinski definition) is 2. The van der Waals surface area contributed by atoms with Crippen LogP contribution in [0.3, 0.4) is 0 Å². The van der Waals surface area contributed by atoms with Gasteiger partial charge in [-0.2, -0.15) is 18.4 Å². The normalized spacial score (nSPS) is 20.0. The number of alkyl halides is 3. The molecule has 1 aliphatic carbocycles. The zero-order valence-electron chi connectivity index (χ0n) is 15.9. The number of carbonyl (C=O) groups is 1. The van der Waals surface area contributed by atoms with Gasteiger partial charge in [-0.15, -0.1) is 11.3 Å². The first-order valence-electron chi connectivity index (χ1n) is 9.22. The van der Waals surface area contributed by atoms with Gasteiger partial charge in [-0.1, -0.05) is 0 Å². The minimum Gasteiger partial charge on any atom is -0.475 e. The van der Waals surface area contributed by atoms with E-state index < -0.39 is 18.2 Å². The van der Waals surface area contributed by atoms with Crippen LogP contribution in [0.15, 0.2) is 17.6 Å². The Bertz CT molecular complexity index is 1100. The van der Waals surface area contributed by atoms with E-state index in [-0.39, 0.29) is 0 Å². The van der Waals surface area contributed by atoms with Crippen molar-refractivity contribution >= 4 is 38.6 Å². The maximum Gasteiger partial charge on any atom is 0.490 e. The minimum atomic E-state index is -5.08. The molecule has 4 rings (SSSR count). The molecule has 0 bridgehead atoms. The van der Waals surface area contributed by atoms with Crippen molar-refractivity contribution < 1.29 is 28.2 Å². The number of aromatic nitrogens is 3. The molecule has 11 heteroatoms. The lowest BCUT2D eigenvalue weighted by molar-refractivity contribution is -0.192. The van der Waals surface area contributed by atoms with Gasteiger partial charge in [0.05, 0.1) is 28.0 Å². The second-order valence-corrected chi connectivity index (χ2v) is 8.06. The van der Waals surface area contributed by atoms with Crippen molar-refractivity contribution in [1.82, 2.24) is 14.5 Å². The van der Waals surface area contributed by atoms with E-state index in [0.29, 0.717) is 24.2 Å². The molecule has 1 fully saturated rings. The summed E-state index contributed by atoms with van der Waals surface area (Å²) in [7, 11) is 0. The second-order valence-electron chi connectivity index (χ2n) is 7.14. The highest BCUT2D eigenvalue weighted by atomic mass is 32.1. The molecule has 1 aliphatic rings. The van der Waals surface area contributed by atoms with Gasteiger partial charge in [-0.3, -0.25) is 4.98 Å². The average molecular weight is 440 g/mol. The van der Waals surface area contributed by atoms with Crippen molar-refractivity contribution in [3.8, 4) is 6.07 Å². The second kappa shape index (κ2) is 8.57. The number of nitriles is 1. The Morgan fingerprint density at radius 3 is 2.73 bits per heavy atom. The summed E-state index contributed by atoms with van der Waals surface area (Å²) in [5, 5.41) is 28.3. The molecule has 3 atom stereocenters. The molecule has 30 heavy (non-hydrogen) atoms. The van der Waals surface area contributed by atoms with Crippen LogP contribution >= 0.6 is 11.3 Å². The Labute approximate surface area is 173 Å². The van der Waals surface area contributed by atoms with Crippen LogP contribution in [0.5, 0.6) is 0 Å². The lowest BCUT2D eigenvalue weighted by Gasteiger charge is -2.18. The van der Waals surface area contributed by atoms with E-state index in [0.717, 1.165) is 40.5 Å². The van der Waals surface area contributed by atoms with Crippen molar-refractivity contribution in [2.45, 2.75) is 50.9 Å². The van der Waals surface area contributed by atoms with Crippen LogP contribution < -0.4 is 0 Å². The SMILES string of the molecule is C[C@@H](O)c1nc2cnc3ccsc3c2n1[C@H]1CCC(CC#N)C1.O=C(O)C(F)(F)F. The largest absolute Gasteiger partial charge is 0.490 e. The van der Waals surface area contributed by atoms with Crippen molar-refractivity contribution in [3.05, 3.63) is 23.5 Å². The fourth-order valence-electron chi connectivity index (χ4n) is 3.76. The smallest absolute Gasteiger partial charge is 0.475 e. The van der Waals surface area contributed by atoms with Crippen LogP contribution in [0.4, 0.5) is 13.2 Å². The number of halogens is 3. The molecule has 7 nitrogen and oxygen atoms in total. The molecule has 0 radical (unpaired) electrons. The fraction of sp³-hybridized carbons (Fsp3) is 0.474. The van der Waals surface area contributed by atoms with E-state index in [1.807, 2.05) is 11.4 Å². The van der Waals surface area contributed by atoms with Gasteiger partial charge in [-0.05, 0) is 43.6 Å². The summed E-state index contributed by atoms with van der Waals surface area (Å²) in [5.74, 6) is -1.59.